The summed E-state index contributed by atoms with van der Waals surface area (Å²) in [4.78, 5) is 4.56. The summed E-state index contributed by atoms with van der Waals surface area (Å²) in [5.41, 5.74) is 4.53. The molecule has 0 unspecified atom stereocenters. The van der Waals surface area contributed by atoms with Gasteiger partial charge in [0.15, 0.2) is 5.82 Å². The summed E-state index contributed by atoms with van der Waals surface area (Å²) in [7, 11) is 0. The molecule has 1 heterocycles. The number of nitrogens with zero attached hydrogens (tertiary/aromatic N) is 2. The highest BCUT2D eigenvalue weighted by Crippen LogP contribution is 2.26. The summed E-state index contributed by atoms with van der Waals surface area (Å²) in [6.07, 6.45) is 0. The highest BCUT2D eigenvalue weighted by atomic mass is 32.1. The second-order valence-electron chi connectivity index (χ2n) is 4.73. The maximum Gasteiger partial charge on any atom is 0.207 e. The predicted octanol–water partition coefficient (Wildman–Crippen LogP) is 4.57. The smallest absolute Gasteiger partial charge is 0.207 e. The molecule has 0 fully saturated rings. The van der Waals surface area contributed by atoms with E-state index >= 15 is 0 Å². The van der Waals surface area contributed by atoms with Gasteiger partial charge in [-0.2, -0.15) is 9.36 Å². The lowest BCUT2D eigenvalue weighted by Gasteiger charge is -2.02. The molecule has 1 aromatic heterocycles. The van der Waals surface area contributed by atoms with Crippen LogP contribution < -0.4 is 5.32 Å². The second kappa shape index (κ2) is 5.43. The van der Waals surface area contributed by atoms with E-state index < -0.39 is 0 Å². The highest BCUT2D eigenvalue weighted by molar-refractivity contribution is 7.09. The first-order valence-electron chi connectivity index (χ1n) is 6.46. The van der Waals surface area contributed by atoms with E-state index in [4.69, 9.17) is 0 Å². The van der Waals surface area contributed by atoms with Crippen LogP contribution in [0.4, 0.5) is 10.8 Å². The van der Waals surface area contributed by atoms with Crippen LogP contribution in [0.2, 0.25) is 0 Å². The van der Waals surface area contributed by atoms with Gasteiger partial charge >= 0.3 is 0 Å². The molecular formula is C16H15N3S. The molecule has 0 atom stereocenters. The fraction of sp³-hybridized carbons (Fsp3) is 0.125. The fourth-order valence-corrected chi connectivity index (χ4v) is 2.66. The quantitative estimate of drug-likeness (QED) is 0.764. The number of hydrogen-bond acceptors (Lipinski definition) is 4. The van der Waals surface area contributed by atoms with Gasteiger partial charge in [-0.05, 0) is 37.1 Å². The van der Waals surface area contributed by atoms with Crippen LogP contribution in [-0.2, 0) is 0 Å². The van der Waals surface area contributed by atoms with Crippen LogP contribution in [0, 0.1) is 13.8 Å². The van der Waals surface area contributed by atoms with E-state index in [0.29, 0.717) is 0 Å². The number of aryl methyl sites for hydroxylation is 2. The minimum atomic E-state index is 0.781. The number of hydrogen-bond donors (Lipinski definition) is 1. The lowest BCUT2D eigenvalue weighted by molar-refractivity contribution is 1.29. The van der Waals surface area contributed by atoms with Crippen molar-refractivity contribution in [1.82, 2.24) is 9.36 Å². The standard InChI is InChI=1S/C16H15N3S/c1-11-6-5-8-13(10-11)17-16-18-15(19-20-16)14-9-4-3-7-12(14)2/h3-10H,1-2H3,(H,17,18,19). The third-order valence-corrected chi connectivity index (χ3v) is 3.71. The maximum atomic E-state index is 4.56. The Kier molecular flexibility index (Phi) is 3.48. The van der Waals surface area contributed by atoms with E-state index in [1.807, 2.05) is 30.3 Å². The molecular weight excluding hydrogens is 266 g/mol. The summed E-state index contributed by atoms with van der Waals surface area (Å²) >= 11 is 1.38. The largest absolute Gasteiger partial charge is 0.330 e. The fourth-order valence-electron chi connectivity index (χ4n) is 2.05. The van der Waals surface area contributed by atoms with Gasteiger partial charge in [-0.25, -0.2) is 0 Å². The van der Waals surface area contributed by atoms with Crippen molar-refractivity contribution in [3.8, 4) is 11.4 Å². The Balaban J connectivity index is 1.86. The molecule has 0 aliphatic carbocycles. The average Bonchev–Trinajstić information content (AvgIpc) is 2.87. The predicted molar refractivity (Wildman–Crippen MR) is 84.5 cm³/mol. The summed E-state index contributed by atoms with van der Waals surface area (Å²) in [6, 6.07) is 16.4. The number of anilines is 2. The molecule has 0 aliphatic heterocycles. The molecule has 100 valence electrons. The van der Waals surface area contributed by atoms with Gasteiger partial charge in [0.1, 0.15) is 0 Å². The van der Waals surface area contributed by atoms with Gasteiger partial charge in [-0.3, -0.25) is 0 Å². The first-order valence-corrected chi connectivity index (χ1v) is 7.23. The van der Waals surface area contributed by atoms with Gasteiger partial charge in [-0.15, -0.1) is 0 Å². The molecule has 0 aliphatic rings. The van der Waals surface area contributed by atoms with Crippen LogP contribution in [0.3, 0.4) is 0 Å². The normalized spacial score (nSPS) is 10.5. The molecule has 0 saturated heterocycles. The van der Waals surface area contributed by atoms with E-state index in [9.17, 15) is 0 Å². The number of benzene rings is 2. The van der Waals surface area contributed by atoms with Crippen LogP contribution in [0.25, 0.3) is 11.4 Å². The highest BCUT2D eigenvalue weighted by Gasteiger charge is 2.08. The van der Waals surface area contributed by atoms with Crippen molar-refractivity contribution >= 4 is 22.4 Å². The van der Waals surface area contributed by atoms with Gasteiger partial charge in [0.05, 0.1) is 0 Å². The van der Waals surface area contributed by atoms with Gasteiger partial charge in [-0.1, -0.05) is 36.4 Å². The molecule has 0 bridgehead atoms. The van der Waals surface area contributed by atoms with Crippen molar-refractivity contribution in [2.45, 2.75) is 13.8 Å². The van der Waals surface area contributed by atoms with E-state index in [-0.39, 0.29) is 0 Å². The molecule has 20 heavy (non-hydrogen) atoms. The molecule has 4 heteroatoms. The van der Waals surface area contributed by atoms with Crippen molar-refractivity contribution in [2.75, 3.05) is 5.32 Å². The summed E-state index contributed by atoms with van der Waals surface area (Å²) < 4.78 is 4.43. The summed E-state index contributed by atoms with van der Waals surface area (Å²) in [6.45, 7) is 4.15. The van der Waals surface area contributed by atoms with Crippen LogP contribution in [-0.4, -0.2) is 9.36 Å². The van der Waals surface area contributed by atoms with Gasteiger partial charge in [0.25, 0.3) is 0 Å². The molecule has 3 nitrogen and oxygen atoms in total. The van der Waals surface area contributed by atoms with Crippen molar-refractivity contribution in [3.05, 3.63) is 59.7 Å². The SMILES string of the molecule is Cc1cccc(Nc2nc(-c3ccccc3C)ns2)c1. The van der Waals surface area contributed by atoms with Crippen LogP contribution in [0.5, 0.6) is 0 Å². The minimum absolute atomic E-state index is 0.781. The Bertz CT molecular complexity index is 734. The Labute approximate surface area is 122 Å². The summed E-state index contributed by atoms with van der Waals surface area (Å²) in [5.74, 6) is 0.781. The minimum Gasteiger partial charge on any atom is -0.330 e. The Morgan fingerprint density at radius 3 is 2.65 bits per heavy atom. The number of aromatic nitrogens is 2. The lowest BCUT2D eigenvalue weighted by Crippen LogP contribution is -1.90. The second-order valence-corrected chi connectivity index (χ2v) is 5.48. The first-order chi connectivity index (χ1) is 9.72. The Hall–Kier alpha value is -2.20. The zero-order valence-corrected chi connectivity index (χ0v) is 12.2. The Morgan fingerprint density at radius 1 is 1.00 bits per heavy atom. The third kappa shape index (κ3) is 2.70. The van der Waals surface area contributed by atoms with Gasteiger partial charge in [0.2, 0.25) is 5.13 Å². The zero-order valence-electron chi connectivity index (χ0n) is 11.4. The van der Waals surface area contributed by atoms with Crippen molar-refractivity contribution in [3.63, 3.8) is 0 Å². The van der Waals surface area contributed by atoms with E-state index in [1.54, 1.807) is 0 Å². The van der Waals surface area contributed by atoms with Crippen LogP contribution in [0.15, 0.2) is 48.5 Å². The molecule has 0 radical (unpaired) electrons. The molecule has 2 aromatic carbocycles. The van der Waals surface area contributed by atoms with Crippen molar-refractivity contribution in [2.24, 2.45) is 0 Å². The first kappa shape index (κ1) is 12.8. The maximum absolute atomic E-state index is 4.56. The number of nitrogens with one attached hydrogen (secondary N) is 1. The monoisotopic (exact) mass is 281 g/mol. The van der Waals surface area contributed by atoms with Gasteiger partial charge < -0.3 is 5.32 Å². The molecule has 0 saturated carbocycles. The average molecular weight is 281 g/mol. The molecule has 1 N–H and O–H groups in total. The van der Waals surface area contributed by atoms with Crippen molar-refractivity contribution < 1.29 is 0 Å². The molecule has 0 amide bonds. The van der Waals surface area contributed by atoms with E-state index in [1.165, 1.54) is 22.7 Å². The van der Waals surface area contributed by atoms with Gasteiger partial charge in [0, 0.05) is 22.8 Å². The number of rotatable bonds is 3. The zero-order chi connectivity index (χ0) is 13.9. The molecule has 0 spiro atoms. The van der Waals surface area contributed by atoms with E-state index in [0.717, 1.165) is 22.2 Å². The molecule has 3 rings (SSSR count). The Morgan fingerprint density at radius 2 is 1.85 bits per heavy atom. The third-order valence-electron chi connectivity index (χ3n) is 3.08. The van der Waals surface area contributed by atoms with Crippen LogP contribution in [0.1, 0.15) is 11.1 Å². The van der Waals surface area contributed by atoms with Crippen molar-refractivity contribution in [1.29, 1.82) is 0 Å². The van der Waals surface area contributed by atoms with Crippen LogP contribution >= 0.6 is 11.5 Å². The topological polar surface area (TPSA) is 37.8 Å². The molecule has 3 aromatic rings. The lowest BCUT2D eigenvalue weighted by atomic mass is 10.1. The van der Waals surface area contributed by atoms with E-state index in [2.05, 4.69) is 46.7 Å². The summed E-state index contributed by atoms with van der Waals surface area (Å²) in [5, 5.41) is 4.11.